The van der Waals surface area contributed by atoms with Gasteiger partial charge in [0.2, 0.25) is 12.2 Å². The zero-order valence-electron chi connectivity index (χ0n) is 12.2. The highest BCUT2D eigenvalue weighted by molar-refractivity contribution is 5.73. The number of benzene rings is 1. The number of nitrogens with one attached hydrogen (secondary N) is 1. The van der Waals surface area contributed by atoms with Crippen molar-refractivity contribution in [3.05, 3.63) is 24.3 Å². The zero-order chi connectivity index (χ0) is 15.2. The molecule has 1 aromatic carbocycles. The molecule has 116 valence electrons. The minimum Gasteiger partial charge on any atom is -0.497 e. The fourth-order valence-electron chi connectivity index (χ4n) is 2.29. The molecule has 1 saturated heterocycles. The predicted octanol–water partition coefficient (Wildman–Crippen LogP) is 1.08. The molecule has 6 heteroatoms. The highest BCUT2D eigenvalue weighted by Gasteiger charge is 2.33. The molecule has 1 aliphatic rings. The van der Waals surface area contributed by atoms with Crippen molar-refractivity contribution in [2.45, 2.75) is 38.2 Å². The van der Waals surface area contributed by atoms with E-state index in [1.807, 2.05) is 0 Å². The van der Waals surface area contributed by atoms with Gasteiger partial charge in [0.15, 0.2) is 0 Å². The standard InChI is InChI=1S/C15H21NO5/c1-10(18)16-14-8-7-13(9-17)21-15(14)20-12-5-3-11(19-2)4-6-12/h3-6,13-15,17H,7-9H2,1-2H3,(H,16,18)/t13-,14+,15+/m0/s1. The van der Waals surface area contributed by atoms with Crippen LogP contribution in [0.4, 0.5) is 0 Å². The molecule has 3 atom stereocenters. The Hall–Kier alpha value is -1.79. The molecule has 2 N–H and O–H groups in total. The van der Waals surface area contributed by atoms with E-state index in [2.05, 4.69) is 5.32 Å². The van der Waals surface area contributed by atoms with Crippen LogP contribution in [-0.4, -0.2) is 43.2 Å². The second-order valence-electron chi connectivity index (χ2n) is 4.99. The first-order valence-electron chi connectivity index (χ1n) is 6.96. The van der Waals surface area contributed by atoms with Crippen LogP contribution in [-0.2, 0) is 9.53 Å². The molecule has 21 heavy (non-hydrogen) atoms. The molecule has 1 aromatic rings. The lowest BCUT2D eigenvalue weighted by atomic mass is 10.0. The normalized spacial score (nSPS) is 25.2. The second-order valence-corrected chi connectivity index (χ2v) is 4.99. The summed E-state index contributed by atoms with van der Waals surface area (Å²) in [6.07, 6.45) is 0.502. The summed E-state index contributed by atoms with van der Waals surface area (Å²) in [4.78, 5) is 11.3. The maximum absolute atomic E-state index is 11.3. The van der Waals surface area contributed by atoms with Gasteiger partial charge in [0.25, 0.3) is 0 Å². The van der Waals surface area contributed by atoms with Crippen LogP contribution in [0.2, 0.25) is 0 Å². The quantitative estimate of drug-likeness (QED) is 0.850. The van der Waals surface area contributed by atoms with E-state index in [1.165, 1.54) is 6.92 Å². The van der Waals surface area contributed by atoms with Gasteiger partial charge >= 0.3 is 0 Å². The molecule has 2 rings (SSSR count). The number of ether oxygens (including phenoxy) is 3. The van der Waals surface area contributed by atoms with Crippen LogP contribution in [0.15, 0.2) is 24.3 Å². The molecule has 6 nitrogen and oxygen atoms in total. The lowest BCUT2D eigenvalue weighted by Crippen LogP contribution is -2.52. The lowest BCUT2D eigenvalue weighted by molar-refractivity contribution is -0.175. The van der Waals surface area contributed by atoms with Gasteiger partial charge in [-0.3, -0.25) is 4.79 Å². The Morgan fingerprint density at radius 2 is 2.00 bits per heavy atom. The van der Waals surface area contributed by atoms with Crippen molar-refractivity contribution in [2.24, 2.45) is 0 Å². The summed E-state index contributed by atoms with van der Waals surface area (Å²) in [7, 11) is 1.60. The molecule has 0 unspecified atom stereocenters. The third-order valence-electron chi connectivity index (χ3n) is 3.36. The summed E-state index contributed by atoms with van der Waals surface area (Å²) in [5, 5.41) is 12.1. The summed E-state index contributed by atoms with van der Waals surface area (Å²) in [6.45, 7) is 1.40. The first-order chi connectivity index (χ1) is 10.1. The zero-order valence-corrected chi connectivity index (χ0v) is 12.2. The molecule has 1 amide bonds. The van der Waals surface area contributed by atoms with E-state index in [0.29, 0.717) is 18.6 Å². The number of amides is 1. The van der Waals surface area contributed by atoms with Gasteiger partial charge in [-0.25, -0.2) is 0 Å². The molecule has 1 fully saturated rings. The van der Waals surface area contributed by atoms with Crippen molar-refractivity contribution >= 4 is 5.91 Å². The van der Waals surface area contributed by atoms with E-state index < -0.39 is 6.29 Å². The van der Waals surface area contributed by atoms with Crippen LogP contribution in [0.3, 0.4) is 0 Å². The molecule has 0 spiro atoms. The number of carbonyl (C=O) groups excluding carboxylic acids is 1. The molecular formula is C15H21NO5. The van der Waals surface area contributed by atoms with Gasteiger partial charge < -0.3 is 24.6 Å². The first kappa shape index (κ1) is 15.6. The van der Waals surface area contributed by atoms with Gasteiger partial charge in [-0.05, 0) is 37.1 Å². The van der Waals surface area contributed by atoms with Crippen molar-refractivity contribution in [1.82, 2.24) is 5.32 Å². The lowest BCUT2D eigenvalue weighted by Gasteiger charge is -2.35. The molecule has 1 heterocycles. The van der Waals surface area contributed by atoms with Gasteiger partial charge in [-0.1, -0.05) is 0 Å². The summed E-state index contributed by atoms with van der Waals surface area (Å²) in [6, 6.07) is 6.89. The van der Waals surface area contributed by atoms with Crippen molar-refractivity contribution in [1.29, 1.82) is 0 Å². The van der Waals surface area contributed by atoms with E-state index in [-0.39, 0.29) is 24.7 Å². The Labute approximate surface area is 124 Å². The summed E-state index contributed by atoms with van der Waals surface area (Å²) in [5.74, 6) is 1.22. The van der Waals surface area contributed by atoms with Crippen LogP contribution in [0.25, 0.3) is 0 Å². The third-order valence-corrected chi connectivity index (χ3v) is 3.36. The molecule has 0 saturated carbocycles. The number of hydrogen-bond donors (Lipinski definition) is 2. The maximum Gasteiger partial charge on any atom is 0.220 e. The average molecular weight is 295 g/mol. The van der Waals surface area contributed by atoms with Gasteiger partial charge in [0.05, 0.1) is 25.9 Å². The fourth-order valence-corrected chi connectivity index (χ4v) is 2.29. The van der Waals surface area contributed by atoms with Crippen LogP contribution in [0.1, 0.15) is 19.8 Å². The van der Waals surface area contributed by atoms with Crippen LogP contribution >= 0.6 is 0 Å². The molecule has 0 radical (unpaired) electrons. The number of carbonyl (C=O) groups is 1. The van der Waals surface area contributed by atoms with Crippen molar-refractivity contribution < 1.29 is 24.1 Å². The van der Waals surface area contributed by atoms with E-state index >= 15 is 0 Å². The summed E-state index contributed by atoms with van der Waals surface area (Å²) >= 11 is 0. The predicted molar refractivity (Wildman–Crippen MR) is 76.2 cm³/mol. The number of methoxy groups -OCH3 is 1. The Balaban J connectivity index is 2.05. The molecule has 0 aromatic heterocycles. The molecule has 0 bridgehead atoms. The molecule has 1 aliphatic heterocycles. The highest BCUT2D eigenvalue weighted by atomic mass is 16.7. The Morgan fingerprint density at radius 3 is 2.57 bits per heavy atom. The number of aliphatic hydroxyl groups is 1. The van der Waals surface area contributed by atoms with Gasteiger partial charge in [0.1, 0.15) is 11.5 Å². The Morgan fingerprint density at radius 1 is 1.33 bits per heavy atom. The third kappa shape index (κ3) is 4.34. The average Bonchev–Trinajstić information content (AvgIpc) is 2.49. The van der Waals surface area contributed by atoms with Crippen molar-refractivity contribution in [3.63, 3.8) is 0 Å². The van der Waals surface area contributed by atoms with E-state index in [4.69, 9.17) is 14.2 Å². The molecule has 0 aliphatic carbocycles. The minimum absolute atomic E-state index is 0.0603. The smallest absolute Gasteiger partial charge is 0.220 e. The van der Waals surface area contributed by atoms with Gasteiger partial charge in [-0.2, -0.15) is 0 Å². The van der Waals surface area contributed by atoms with E-state index in [0.717, 1.165) is 5.75 Å². The Bertz CT molecular complexity index is 462. The van der Waals surface area contributed by atoms with Crippen molar-refractivity contribution in [3.8, 4) is 11.5 Å². The van der Waals surface area contributed by atoms with Gasteiger partial charge in [0, 0.05) is 6.92 Å². The number of aliphatic hydroxyl groups excluding tert-OH is 1. The van der Waals surface area contributed by atoms with Crippen LogP contribution in [0.5, 0.6) is 11.5 Å². The summed E-state index contributed by atoms with van der Waals surface area (Å²) in [5.41, 5.74) is 0. The fraction of sp³-hybridized carbons (Fsp3) is 0.533. The first-order valence-corrected chi connectivity index (χ1v) is 6.96. The monoisotopic (exact) mass is 295 g/mol. The number of rotatable bonds is 5. The number of hydrogen-bond acceptors (Lipinski definition) is 5. The second kappa shape index (κ2) is 7.28. The largest absolute Gasteiger partial charge is 0.497 e. The van der Waals surface area contributed by atoms with Crippen LogP contribution in [0, 0.1) is 0 Å². The molecular weight excluding hydrogens is 274 g/mol. The Kier molecular flexibility index (Phi) is 5.41. The van der Waals surface area contributed by atoms with Gasteiger partial charge in [-0.15, -0.1) is 0 Å². The topological polar surface area (TPSA) is 77.0 Å². The summed E-state index contributed by atoms with van der Waals surface area (Å²) < 4.78 is 16.6. The maximum atomic E-state index is 11.3. The minimum atomic E-state index is -0.617. The van der Waals surface area contributed by atoms with Crippen LogP contribution < -0.4 is 14.8 Å². The van der Waals surface area contributed by atoms with E-state index in [1.54, 1.807) is 31.4 Å². The van der Waals surface area contributed by atoms with E-state index in [9.17, 15) is 9.90 Å². The van der Waals surface area contributed by atoms with Crippen molar-refractivity contribution in [2.75, 3.05) is 13.7 Å². The SMILES string of the molecule is COc1ccc(O[C@@H]2O[C@H](CO)CC[C@H]2NC(C)=O)cc1. The highest BCUT2D eigenvalue weighted by Crippen LogP contribution is 2.24.